The first-order valence-electron chi connectivity index (χ1n) is 9.15. The number of aromatic nitrogens is 4. The SMILES string of the molecule is Cc1nc(N)nc(C)c1CC(=O)N1CCn2nc(C(=O)NC3CC3)cc2C1. The van der Waals surface area contributed by atoms with Gasteiger partial charge in [0.1, 0.15) is 0 Å². The lowest BCUT2D eigenvalue weighted by molar-refractivity contribution is -0.132. The Labute approximate surface area is 157 Å². The van der Waals surface area contributed by atoms with Crippen molar-refractivity contribution in [2.45, 2.75) is 52.2 Å². The summed E-state index contributed by atoms with van der Waals surface area (Å²) < 4.78 is 1.81. The van der Waals surface area contributed by atoms with Crippen molar-refractivity contribution in [1.82, 2.24) is 30.0 Å². The van der Waals surface area contributed by atoms with Crippen LogP contribution in [-0.4, -0.2) is 49.0 Å². The number of hydrogen-bond donors (Lipinski definition) is 2. The van der Waals surface area contributed by atoms with Gasteiger partial charge in [0.25, 0.3) is 5.91 Å². The van der Waals surface area contributed by atoms with Crippen LogP contribution < -0.4 is 11.1 Å². The van der Waals surface area contributed by atoms with E-state index >= 15 is 0 Å². The summed E-state index contributed by atoms with van der Waals surface area (Å²) in [6.07, 6.45) is 2.31. The molecule has 27 heavy (non-hydrogen) atoms. The zero-order valence-corrected chi connectivity index (χ0v) is 15.5. The fraction of sp³-hybridized carbons (Fsp3) is 0.500. The predicted octanol–water partition coefficient (Wildman–Crippen LogP) is 0.349. The molecule has 0 bridgehead atoms. The highest BCUT2D eigenvalue weighted by Gasteiger charge is 2.28. The van der Waals surface area contributed by atoms with Gasteiger partial charge in [-0.3, -0.25) is 14.3 Å². The number of nitrogens with zero attached hydrogens (tertiary/aromatic N) is 5. The molecule has 1 aliphatic carbocycles. The Morgan fingerprint density at radius 2 is 1.93 bits per heavy atom. The van der Waals surface area contributed by atoms with Crippen LogP contribution >= 0.6 is 0 Å². The lowest BCUT2D eigenvalue weighted by Crippen LogP contribution is -2.39. The van der Waals surface area contributed by atoms with Crippen LogP contribution in [0.2, 0.25) is 0 Å². The van der Waals surface area contributed by atoms with Crippen molar-refractivity contribution in [1.29, 1.82) is 0 Å². The molecule has 2 aromatic heterocycles. The van der Waals surface area contributed by atoms with Gasteiger partial charge in [-0.25, -0.2) is 9.97 Å². The predicted molar refractivity (Wildman–Crippen MR) is 97.8 cm³/mol. The van der Waals surface area contributed by atoms with E-state index in [1.54, 1.807) is 11.0 Å². The van der Waals surface area contributed by atoms with E-state index in [-0.39, 0.29) is 24.2 Å². The molecule has 3 N–H and O–H groups in total. The van der Waals surface area contributed by atoms with E-state index in [1.165, 1.54) is 0 Å². The van der Waals surface area contributed by atoms with Crippen molar-refractivity contribution in [3.63, 3.8) is 0 Å². The van der Waals surface area contributed by atoms with E-state index in [1.807, 2.05) is 18.5 Å². The summed E-state index contributed by atoms with van der Waals surface area (Å²) in [7, 11) is 0. The second-order valence-corrected chi connectivity index (χ2v) is 7.22. The molecular weight excluding hydrogens is 346 g/mol. The van der Waals surface area contributed by atoms with E-state index in [9.17, 15) is 9.59 Å². The minimum atomic E-state index is -0.137. The molecule has 2 aliphatic rings. The fourth-order valence-corrected chi connectivity index (χ4v) is 3.36. The molecule has 0 aromatic carbocycles. The van der Waals surface area contributed by atoms with Crippen LogP contribution in [0.4, 0.5) is 5.95 Å². The standard InChI is InChI=1S/C18H23N7O2/c1-10-14(11(2)21-18(19)20-10)8-16(26)24-5-6-25-13(9-24)7-15(23-25)17(27)22-12-3-4-12/h7,12H,3-6,8-9H2,1-2H3,(H,22,27)(H2,19,20,21). The van der Waals surface area contributed by atoms with Gasteiger partial charge in [-0.1, -0.05) is 0 Å². The average Bonchev–Trinajstić information content (AvgIpc) is 3.32. The quantitative estimate of drug-likeness (QED) is 0.803. The summed E-state index contributed by atoms with van der Waals surface area (Å²) in [6, 6.07) is 2.07. The molecule has 2 aromatic rings. The van der Waals surface area contributed by atoms with E-state index in [4.69, 9.17) is 5.73 Å². The highest BCUT2D eigenvalue weighted by molar-refractivity contribution is 5.92. The Morgan fingerprint density at radius 3 is 2.59 bits per heavy atom. The zero-order valence-electron chi connectivity index (χ0n) is 15.5. The Hall–Kier alpha value is -2.97. The number of carbonyl (C=O) groups excluding carboxylic acids is 2. The van der Waals surface area contributed by atoms with Crippen LogP contribution in [-0.2, 0) is 24.3 Å². The first-order chi connectivity index (χ1) is 12.9. The van der Waals surface area contributed by atoms with E-state index in [2.05, 4.69) is 20.4 Å². The van der Waals surface area contributed by atoms with Crippen molar-refractivity contribution in [3.05, 3.63) is 34.4 Å². The monoisotopic (exact) mass is 369 g/mol. The molecule has 9 nitrogen and oxygen atoms in total. The second kappa shape index (κ2) is 6.64. The van der Waals surface area contributed by atoms with Gasteiger partial charge >= 0.3 is 0 Å². The van der Waals surface area contributed by atoms with Gasteiger partial charge in [0, 0.05) is 29.5 Å². The van der Waals surface area contributed by atoms with E-state index in [0.717, 1.165) is 35.5 Å². The number of carbonyl (C=O) groups is 2. The molecule has 1 saturated carbocycles. The zero-order chi connectivity index (χ0) is 19.1. The van der Waals surface area contributed by atoms with Crippen molar-refractivity contribution in [3.8, 4) is 0 Å². The lowest BCUT2D eigenvalue weighted by Gasteiger charge is -2.28. The largest absolute Gasteiger partial charge is 0.368 e. The number of rotatable bonds is 4. The Balaban J connectivity index is 1.45. The molecular formula is C18H23N7O2. The minimum Gasteiger partial charge on any atom is -0.368 e. The lowest BCUT2D eigenvalue weighted by atomic mass is 10.1. The number of nitrogens with one attached hydrogen (secondary N) is 1. The number of hydrogen-bond acceptors (Lipinski definition) is 6. The third kappa shape index (κ3) is 3.62. The van der Waals surface area contributed by atoms with Crippen LogP contribution in [0.15, 0.2) is 6.07 Å². The van der Waals surface area contributed by atoms with Gasteiger partial charge in [-0.05, 0) is 32.8 Å². The Kier molecular flexibility index (Phi) is 4.29. The third-order valence-corrected chi connectivity index (χ3v) is 5.06. The van der Waals surface area contributed by atoms with Gasteiger partial charge in [0.2, 0.25) is 11.9 Å². The van der Waals surface area contributed by atoms with Crippen molar-refractivity contribution >= 4 is 17.8 Å². The molecule has 0 atom stereocenters. The summed E-state index contributed by atoms with van der Waals surface area (Å²) in [5.74, 6) is 0.0913. The molecule has 0 radical (unpaired) electrons. The Bertz CT molecular complexity index is 893. The second-order valence-electron chi connectivity index (χ2n) is 7.22. The van der Waals surface area contributed by atoms with E-state index < -0.39 is 0 Å². The molecule has 0 unspecified atom stereocenters. The van der Waals surface area contributed by atoms with Gasteiger partial charge in [0.05, 0.1) is 25.2 Å². The number of fused-ring (bicyclic) bond motifs is 1. The van der Waals surface area contributed by atoms with Crippen molar-refractivity contribution < 1.29 is 9.59 Å². The number of nitrogens with two attached hydrogens (primary N) is 1. The topological polar surface area (TPSA) is 119 Å². The first kappa shape index (κ1) is 17.4. The molecule has 0 spiro atoms. The fourth-order valence-electron chi connectivity index (χ4n) is 3.36. The van der Waals surface area contributed by atoms with Crippen LogP contribution in [0.25, 0.3) is 0 Å². The molecule has 142 valence electrons. The maximum absolute atomic E-state index is 12.8. The number of nitrogen functional groups attached to an aromatic ring is 1. The summed E-state index contributed by atoms with van der Waals surface area (Å²) >= 11 is 0. The average molecular weight is 369 g/mol. The van der Waals surface area contributed by atoms with Crippen LogP contribution in [0.3, 0.4) is 0 Å². The van der Waals surface area contributed by atoms with Crippen molar-refractivity contribution in [2.75, 3.05) is 12.3 Å². The summed E-state index contributed by atoms with van der Waals surface area (Å²) in [5.41, 5.74) is 9.23. The molecule has 1 fully saturated rings. The van der Waals surface area contributed by atoms with Gasteiger partial charge < -0.3 is 16.0 Å². The van der Waals surface area contributed by atoms with Crippen LogP contribution in [0, 0.1) is 13.8 Å². The molecule has 3 heterocycles. The molecule has 9 heteroatoms. The number of amides is 2. The van der Waals surface area contributed by atoms with Gasteiger partial charge in [-0.15, -0.1) is 0 Å². The summed E-state index contributed by atoms with van der Waals surface area (Å²) in [4.78, 5) is 35.1. The molecule has 2 amide bonds. The van der Waals surface area contributed by atoms with Crippen LogP contribution in [0.1, 0.15) is 46.0 Å². The maximum atomic E-state index is 12.8. The molecule has 0 saturated heterocycles. The maximum Gasteiger partial charge on any atom is 0.272 e. The normalized spacial score (nSPS) is 16.1. The molecule has 1 aliphatic heterocycles. The summed E-state index contributed by atoms with van der Waals surface area (Å²) in [5, 5.41) is 7.32. The van der Waals surface area contributed by atoms with Gasteiger partial charge in [-0.2, -0.15) is 5.10 Å². The number of anilines is 1. The molecule has 4 rings (SSSR count). The highest BCUT2D eigenvalue weighted by atomic mass is 16.2. The Morgan fingerprint density at radius 1 is 1.22 bits per heavy atom. The summed E-state index contributed by atoms with van der Waals surface area (Å²) in [6.45, 7) is 5.25. The number of aryl methyl sites for hydroxylation is 2. The minimum absolute atomic E-state index is 0.00556. The highest BCUT2D eigenvalue weighted by Crippen LogP contribution is 2.21. The van der Waals surface area contributed by atoms with Gasteiger partial charge in [0.15, 0.2) is 5.69 Å². The smallest absolute Gasteiger partial charge is 0.272 e. The van der Waals surface area contributed by atoms with Crippen molar-refractivity contribution in [2.24, 2.45) is 0 Å². The third-order valence-electron chi connectivity index (χ3n) is 5.06. The van der Waals surface area contributed by atoms with E-state index in [0.29, 0.717) is 31.4 Å². The first-order valence-corrected chi connectivity index (χ1v) is 9.15. The van der Waals surface area contributed by atoms with Crippen LogP contribution in [0.5, 0.6) is 0 Å².